The first-order chi connectivity index (χ1) is 16.4. The summed E-state index contributed by atoms with van der Waals surface area (Å²) in [5.41, 5.74) is 3.44. The van der Waals surface area contributed by atoms with E-state index in [4.69, 9.17) is 27.9 Å². The maximum absolute atomic E-state index is 13.3. The van der Waals surface area contributed by atoms with Gasteiger partial charge in [-0.1, -0.05) is 47.5 Å². The maximum Gasteiger partial charge on any atom is 0.280 e. The van der Waals surface area contributed by atoms with Gasteiger partial charge < -0.3 is 9.30 Å². The molecular formula is C25H24Cl2N4O3. The van der Waals surface area contributed by atoms with Crippen LogP contribution in [0.15, 0.2) is 58.1 Å². The van der Waals surface area contributed by atoms with Gasteiger partial charge in [0.05, 0.1) is 46.4 Å². The minimum absolute atomic E-state index is 0.172. The van der Waals surface area contributed by atoms with E-state index in [1.54, 1.807) is 22.8 Å². The van der Waals surface area contributed by atoms with E-state index in [0.717, 1.165) is 44.0 Å². The number of aromatic amines is 1. The highest BCUT2D eigenvalue weighted by Gasteiger charge is 2.18. The lowest BCUT2D eigenvalue weighted by Gasteiger charge is -2.27. The molecule has 0 aliphatic carbocycles. The number of hydrogen-bond donors (Lipinski definition) is 1. The Hall–Kier alpha value is -2.84. The zero-order valence-corrected chi connectivity index (χ0v) is 20.2. The third-order valence-corrected chi connectivity index (χ3v) is 7.06. The van der Waals surface area contributed by atoms with Crippen LogP contribution in [0.1, 0.15) is 16.8 Å². The Morgan fingerprint density at radius 3 is 2.35 bits per heavy atom. The second kappa shape index (κ2) is 9.43. The molecule has 4 aromatic rings. The summed E-state index contributed by atoms with van der Waals surface area (Å²) >= 11 is 12.2. The van der Waals surface area contributed by atoms with E-state index < -0.39 is 0 Å². The van der Waals surface area contributed by atoms with Gasteiger partial charge in [0.1, 0.15) is 0 Å². The number of hydrogen-bond acceptors (Lipinski definition) is 4. The Morgan fingerprint density at radius 1 is 0.941 bits per heavy atom. The molecule has 2 aromatic carbocycles. The number of aromatic nitrogens is 3. The molecule has 0 atom stereocenters. The number of morpholine rings is 1. The second-order valence-electron chi connectivity index (χ2n) is 8.45. The number of fused-ring (bicyclic) bond motifs is 1. The molecule has 0 saturated carbocycles. The molecule has 5 rings (SSSR count). The monoisotopic (exact) mass is 498 g/mol. The first-order valence-electron chi connectivity index (χ1n) is 11.1. The minimum atomic E-state index is -0.249. The summed E-state index contributed by atoms with van der Waals surface area (Å²) in [6.07, 6.45) is 0. The van der Waals surface area contributed by atoms with Gasteiger partial charge in [-0.25, -0.2) is 4.68 Å². The molecule has 0 radical (unpaired) electrons. The average Bonchev–Trinajstić information content (AvgIpc) is 3.16. The number of halogens is 2. The summed E-state index contributed by atoms with van der Waals surface area (Å²) in [5, 5.41) is 4.25. The van der Waals surface area contributed by atoms with Crippen LogP contribution in [-0.2, 0) is 17.8 Å². The number of H-pyrrole nitrogens is 1. The Labute approximate surface area is 206 Å². The third kappa shape index (κ3) is 4.32. The van der Waals surface area contributed by atoms with Crippen molar-refractivity contribution in [2.24, 2.45) is 0 Å². The SMILES string of the molecule is Cc1c2c(=O)n(-c3ccc(Cl)c(Cl)c3)[nH]c2cc(=O)n1Cc1ccccc1CN1CCOCC1. The lowest BCUT2D eigenvalue weighted by molar-refractivity contribution is 0.0340. The first-order valence-corrected chi connectivity index (χ1v) is 11.9. The topological polar surface area (TPSA) is 72.3 Å². The quantitative estimate of drug-likeness (QED) is 0.451. The second-order valence-corrected chi connectivity index (χ2v) is 9.27. The summed E-state index contributed by atoms with van der Waals surface area (Å²) in [7, 11) is 0. The Bertz CT molecular complexity index is 1480. The molecule has 34 heavy (non-hydrogen) atoms. The molecule has 176 valence electrons. The van der Waals surface area contributed by atoms with Crippen LogP contribution in [0, 0.1) is 6.92 Å². The fraction of sp³-hybridized carbons (Fsp3) is 0.280. The molecule has 0 spiro atoms. The third-order valence-electron chi connectivity index (χ3n) is 6.32. The van der Waals surface area contributed by atoms with Crippen LogP contribution < -0.4 is 11.1 Å². The molecule has 9 heteroatoms. The van der Waals surface area contributed by atoms with E-state index in [1.165, 1.54) is 10.7 Å². The molecule has 0 unspecified atom stereocenters. The number of pyridine rings is 1. The van der Waals surface area contributed by atoms with Crippen molar-refractivity contribution in [3.05, 3.63) is 96.1 Å². The molecule has 1 fully saturated rings. The first kappa shape index (κ1) is 22.9. The number of benzene rings is 2. The highest BCUT2D eigenvalue weighted by molar-refractivity contribution is 6.42. The van der Waals surface area contributed by atoms with E-state index in [0.29, 0.717) is 38.9 Å². The molecular weight excluding hydrogens is 475 g/mol. The van der Waals surface area contributed by atoms with Gasteiger partial charge in [0.2, 0.25) is 0 Å². The normalized spacial score (nSPS) is 14.7. The molecule has 3 heterocycles. The zero-order chi connectivity index (χ0) is 23.8. The molecule has 1 N–H and O–H groups in total. The Balaban J connectivity index is 1.54. The summed E-state index contributed by atoms with van der Waals surface area (Å²) in [4.78, 5) is 28.7. The van der Waals surface area contributed by atoms with Gasteiger partial charge in [0.25, 0.3) is 11.1 Å². The van der Waals surface area contributed by atoms with Crippen molar-refractivity contribution in [1.82, 2.24) is 19.2 Å². The number of aryl methyl sites for hydroxylation is 1. The van der Waals surface area contributed by atoms with Crippen LogP contribution in [0.5, 0.6) is 0 Å². The molecule has 7 nitrogen and oxygen atoms in total. The number of rotatable bonds is 5. The Morgan fingerprint density at radius 2 is 1.65 bits per heavy atom. The fourth-order valence-corrected chi connectivity index (χ4v) is 4.74. The highest BCUT2D eigenvalue weighted by Crippen LogP contribution is 2.24. The summed E-state index contributed by atoms with van der Waals surface area (Å²) < 4.78 is 8.50. The van der Waals surface area contributed by atoms with E-state index in [9.17, 15) is 9.59 Å². The van der Waals surface area contributed by atoms with Gasteiger partial charge in [-0.3, -0.25) is 19.6 Å². The van der Waals surface area contributed by atoms with Crippen molar-refractivity contribution >= 4 is 34.1 Å². The molecule has 2 aromatic heterocycles. The van der Waals surface area contributed by atoms with Gasteiger partial charge in [0, 0.05) is 31.4 Å². The van der Waals surface area contributed by atoms with Crippen molar-refractivity contribution in [3.8, 4) is 5.69 Å². The standard InChI is InChI=1S/C25H24Cl2N4O3/c1-16-24-22(28-31(25(24)33)19-6-7-20(26)21(27)12-19)13-23(32)30(16)15-18-5-3-2-4-17(18)14-29-8-10-34-11-9-29/h2-7,12-13,28H,8-11,14-15H2,1H3. The fourth-order valence-electron chi connectivity index (χ4n) is 4.45. The van der Waals surface area contributed by atoms with Crippen LogP contribution in [0.4, 0.5) is 0 Å². The predicted octanol–water partition coefficient (Wildman–Crippen LogP) is 3.98. The summed E-state index contributed by atoms with van der Waals surface area (Å²) in [6, 6.07) is 14.5. The van der Waals surface area contributed by atoms with Gasteiger partial charge in [-0.05, 0) is 36.2 Å². The molecule has 1 saturated heterocycles. The van der Waals surface area contributed by atoms with E-state index >= 15 is 0 Å². The number of ether oxygens (including phenoxy) is 1. The van der Waals surface area contributed by atoms with Crippen LogP contribution in [-0.4, -0.2) is 45.6 Å². The van der Waals surface area contributed by atoms with Gasteiger partial charge in [-0.15, -0.1) is 0 Å². The molecule has 1 aliphatic heterocycles. The van der Waals surface area contributed by atoms with Gasteiger partial charge in [0.15, 0.2) is 0 Å². The predicted molar refractivity (Wildman–Crippen MR) is 135 cm³/mol. The van der Waals surface area contributed by atoms with Crippen molar-refractivity contribution in [2.45, 2.75) is 20.0 Å². The van der Waals surface area contributed by atoms with Crippen molar-refractivity contribution < 1.29 is 4.74 Å². The maximum atomic E-state index is 13.3. The van der Waals surface area contributed by atoms with Crippen molar-refractivity contribution in [1.29, 1.82) is 0 Å². The van der Waals surface area contributed by atoms with Crippen LogP contribution in [0.3, 0.4) is 0 Å². The minimum Gasteiger partial charge on any atom is -0.379 e. The summed E-state index contributed by atoms with van der Waals surface area (Å²) in [5.74, 6) is 0. The van der Waals surface area contributed by atoms with E-state index in [2.05, 4.69) is 16.1 Å². The van der Waals surface area contributed by atoms with Crippen molar-refractivity contribution in [2.75, 3.05) is 26.3 Å². The van der Waals surface area contributed by atoms with E-state index in [1.807, 2.05) is 25.1 Å². The van der Waals surface area contributed by atoms with Crippen LogP contribution in [0.2, 0.25) is 10.0 Å². The van der Waals surface area contributed by atoms with Gasteiger partial charge in [-0.2, -0.15) is 0 Å². The van der Waals surface area contributed by atoms with Gasteiger partial charge >= 0.3 is 0 Å². The molecule has 1 aliphatic rings. The van der Waals surface area contributed by atoms with Crippen LogP contribution in [0.25, 0.3) is 16.6 Å². The highest BCUT2D eigenvalue weighted by atomic mass is 35.5. The lowest BCUT2D eigenvalue weighted by atomic mass is 10.1. The Kier molecular flexibility index (Phi) is 6.36. The summed E-state index contributed by atoms with van der Waals surface area (Å²) in [6.45, 7) is 6.23. The smallest absolute Gasteiger partial charge is 0.280 e. The lowest BCUT2D eigenvalue weighted by Crippen LogP contribution is -2.36. The van der Waals surface area contributed by atoms with Crippen molar-refractivity contribution in [3.63, 3.8) is 0 Å². The molecule has 0 bridgehead atoms. The van der Waals surface area contributed by atoms with E-state index in [-0.39, 0.29) is 11.1 Å². The largest absolute Gasteiger partial charge is 0.379 e. The zero-order valence-electron chi connectivity index (χ0n) is 18.7. The number of nitrogens with zero attached hydrogens (tertiary/aromatic N) is 3. The average molecular weight is 499 g/mol. The van der Waals surface area contributed by atoms with Crippen LogP contribution >= 0.6 is 23.2 Å². The molecule has 0 amide bonds. The number of nitrogens with one attached hydrogen (secondary N) is 1.